The number of benzene rings is 1. The van der Waals surface area contributed by atoms with E-state index < -0.39 is 0 Å². The lowest BCUT2D eigenvalue weighted by atomic mass is 9.68. The summed E-state index contributed by atoms with van der Waals surface area (Å²) in [6, 6.07) is 11.8. The highest BCUT2D eigenvalue weighted by Gasteiger charge is 2.31. The number of rotatable bonds is 12. The number of unbranched alkanes of at least 4 members (excludes halogenated alkanes) is 4. The minimum absolute atomic E-state index is 0.804. The molecule has 2 aliphatic carbocycles. The third kappa shape index (κ3) is 9.16. The lowest BCUT2D eigenvalue weighted by Gasteiger charge is -2.38. The molecule has 0 saturated heterocycles. The quantitative estimate of drug-likeness (QED) is 0.178. The van der Waals surface area contributed by atoms with E-state index in [1.54, 1.807) is 11.6 Å². The summed E-state index contributed by atoms with van der Waals surface area (Å²) in [4.78, 5) is 0. The van der Waals surface area contributed by atoms with Gasteiger partial charge in [-0.2, -0.15) is 5.26 Å². The van der Waals surface area contributed by atoms with Gasteiger partial charge in [0.1, 0.15) is 0 Å². The van der Waals surface area contributed by atoms with Crippen LogP contribution in [0.5, 0.6) is 0 Å². The van der Waals surface area contributed by atoms with E-state index in [0.29, 0.717) is 0 Å². The summed E-state index contributed by atoms with van der Waals surface area (Å²) in [5, 5.41) is 8.52. The number of nitriles is 1. The molecule has 1 aromatic rings. The van der Waals surface area contributed by atoms with E-state index in [9.17, 15) is 0 Å². The number of aryl methyl sites for hydroxylation is 1. The lowest BCUT2D eigenvalue weighted by molar-refractivity contribution is 0.157. The summed E-state index contributed by atoms with van der Waals surface area (Å²) < 4.78 is 0. The molecule has 0 spiro atoms. The van der Waals surface area contributed by atoms with E-state index >= 15 is 0 Å². The van der Waals surface area contributed by atoms with Crippen molar-refractivity contribution in [2.45, 2.75) is 116 Å². The van der Waals surface area contributed by atoms with Crippen LogP contribution in [0, 0.1) is 29.1 Å². The van der Waals surface area contributed by atoms with Crippen LogP contribution in [0.4, 0.5) is 0 Å². The van der Waals surface area contributed by atoms with E-state index in [1.807, 2.05) is 18.2 Å². The van der Waals surface area contributed by atoms with Gasteiger partial charge in [-0.15, -0.1) is 0 Å². The van der Waals surface area contributed by atoms with Crippen molar-refractivity contribution in [3.05, 3.63) is 59.7 Å². The monoisotopic (exact) mass is 445 g/mol. The SMILES string of the molecule is CCCCCCCc1ccc([C@H]2CC[C@H]([C@H]3CC[C@H](CCC=CC=CC#N)CC3)CC2)cc1. The maximum Gasteiger partial charge on any atom is 0.0912 e. The summed E-state index contributed by atoms with van der Waals surface area (Å²) in [6.45, 7) is 2.29. The van der Waals surface area contributed by atoms with Crippen molar-refractivity contribution in [3.8, 4) is 6.07 Å². The highest BCUT2D eigenvalue weighted by Crippen LogP contribution is 2.44. The van der Waals surface area contributed by atoms with Gasteiger partial charge in [-0.1, -0.05) is 87.9 Å². The first-order valence-electron chi connectivity index (χ1n) is 14.1. The van der Waals surface area contributed by atoms with E-state index in [4.69, 9.17) is 5.26 Å². The van der Waals surface area contributed by atoms with Crippen molar-refractivity contribution in [1.29, 1.82) is 5.26 Å². The van der Waals surface area contributed by atoms with Crippen molar-refractivity contribution in [3.63, 3.8) is 0 Å². The number of hydrogen-bond donors (Lipinski definition) is 0. The van der Waals surface area contributed by atoms with Crippen molar-refractivity contribution in [2.75, 3.05) is 0 Å². The molecule has 1 nitrogen and oxygen atoms in total. The van der Waals surface area contributed by atoms with Gasteiger partial charge in [-0.25, -0.2) is 0 Å². The highest BCUT2D eigenvalue weighted by molar-refractivity contribution is 5.26. The van der Waals surface area contributed by atoms with E-state index in [0.717, 1.165) is 30.1 Å². The number of nitrogens with zero attached hydrogens (tertiary/aromatic N) is 1. The second kappa shape index (κ2) is 15.2. The van der Waals surface area contributed by atoms with Gasteiger partial charge in [0, 0.05) is 6.08 Å². The van der Waals surface area contributed by atoms with E-state index in [1.165, 1.54) is 102 Å². The van der Waals surface area contributed by atoms with Crippen molar-refractivity contribution in [1.82, 2.24) is 0 Å². The van der Waals surface area contributed by atoms with Gasteiger partial charge in [0.2, 0.25) is 0 Å². The van der Waals surface area contributed by atoms with Crippen LogP contribution in [-0.4, -0.2) is 0 Å². The van der Waals surface area contributed by atoms with Gasteiger partial charge in [-0.05, 0) is 99.0 Å². The molecule has 2 fully saturated rings. The molecule has 33 heavy (non-hydrogen) atoms. The summed E-state index contributed by atoms with van der Waals surface area (Å²) in [7, 11) is 0. The maximum atomic E-state index is 8.52. The van der Waals surface area contributed by atoms with E-state index in [-0.39, 0.29) is 0 Å². The molecule has 0 aromatic heterocycles. The molecule has 1 aromatic carbocycles. The van der Waals surface area contributed by atoms with Gasteiger partial charge >= 0.3 is 0 Å². The summed E-state index contributed by atoms with van der Waals surface area (Å²) in [5.74, 6) is 3.71. The Morgan fingerprint density at radius 2 is 1.48 bits per heavy atom. The molecule has 0 amide bonds. The molecule has 0 radical (unpaired) electrons. The Morgan fingerprint density at radius 3 is 2.15 bits per heavy atom. The van der Waals surface area contributed by atoms with Crippen LogP contribution in [0.2, 0.25) is 0 Å². The zero-order chi connectivity index (χ0) is 23.1. The summed E-state index contributed by atoms with van der Waals surface area (Å²) in [5.41, 5.74) is 3.14. The Labute approximate surface area is 204 Å². The molecule has 0 bridgehead atoms. The molecule has 0 heterocycles. The minimum atomic E-state index is 0.804. The van der Waals surface area contributed by atoms with Crippen LogP contribution in [-0.2, 0) is 6.42 Å². The molecular formula is C32H47N. The maximum absolute atomic E-state index is 8.52. The van der Waals surface area contributed by atoms with Crippen molar-refractivity contribution < 1.29 is 0 Å². The molecular weight excluding hydrogens is 398 g/mol. The van der Waals surface area contributed by atoms with Gasteiger partial charge in [-0.3, -0.25) is 0 Å². The Balaban J connectivity index is 1.32. The molecule has 3 rings (SSSR count). The zero-order valence-electron chi connectivity index (χ0n) is 21.2. The molecule has 2 aliphatic rings. The first-order chi connectivity index (χ1) is 16.3. The van der Waals surface area contributed by atoms with Crippen LogP contribution in [0.3, 0.4) is 0 Å². The fourth-order valence-corrected chi connectivity index (χ4v) is 6.37. The number of allylic oxidation sites excluding steroid dienone is 4. The Morgan fingerprint density at radius 1 is 0.818 bits per heavy atom. The number of hydrogen-bond acceptors (Lipinski definition) is 1. The average Bonchev–Trinajstić information content (AvgIpc) is 2.87. The van der Waals surface area contributed by atoms with E-state index in [2.05, 4.69) is 37.3 Å². The summed E-state index contributed by atoms with van der Waals surface area (Å²) >= 11 is 0. The van der Waals surface area contributed by atoms with Crippen LogP contribution < -0.4 is 0 Å². The van der Waals surface area contributed by atoms with Crippen LogP contribution in [0.1, 0.15) is 120 Å². The normalized spacial score (nSPS) is 26.1. The molecule has 0 unspecified atom stereocenters. The second-order valence-electron chi connectivity index (χ2n) is 10.8. The predicted molar refractivity (Wildman–Crippen MR) is 142 cm³/mol. The Kier molecular flexibility index (Phi) is 11.9. The molecule has 0 aliphatic heterocycles. The first-order valence-corrected chi connectivity index (χ1v) is 14.1. The Bertz CT molecular complexity index is 734. The van der Waals surface area contributed by atoms with Crippen LogP contribution >= 0.6 is 0 Å². The van der Waals surface area contributed by atoms with Crippen molar-refractivity contribution in [2.24, 2.45) is 17.8 Å². The Hall–Kier alpha value is -1.81. The highest BCUT2D eigenvalue weighted by atomic mass is 14.4. The predicted octanol–water partition coefficient (Wildman–Crippen LogP) is 9.70. The molecule has 0 N–H and O–H groups in total. The standard InChI is InChI=1S/C32H47N/c1-2-3-4-6-9-12-27-14-18-29(19-15-27)31-22-24-32(25-23-31)30-20-16-28(17-21-30)13-10-7-5-8-11-26-33/h5,7-8,11,14-15,18-19,28,30-32H,2-4,6,9-10,12-13,16-17,20-25H2,1H3/t28-,30-,31-,32-. The van der Waals surface area contributed by atoms with Gasteiger partial charge < -0.3 is 0 Å². The third-order valence-electron chi connectivity index (χ3n) is 8.51. The molecule has 2 saturated carbocycles. The fourth-order valence-electron chi connectivity index (χ4n) is 6.37. The van der Waals surface area contributed by atoms with Crippen LogP contribution in [0.15, 0.2) is 48.6 Å². The molecule has 1 heteroatoms. The van der Waals surface area contributed by atoms with Gasteiger partial charge in [0.15, 0.2) is 0 Å². The molecule has 180 valence electrons. The fraction of sp³-hybridized carbons (Fsp3) is 0.656. The van der Waals surface area contributed by atoms with Gasteiger partial charge in [0.25, 0.3) is 0 Å². The minimum Gasteiger partial charge on any atom is -0.193 e. The summed E-state index contributed by atoms with van der Waals surface area (Å²) in [6.07, 6.45) is 29.8. The lowest BCUT2D eigenvalue weighted by Crippen LogP contribution is -2.25. The zero-order valence-corrected chi connectivity index (χ0v) is 21.2. The second-order valence-corrected chi connectivity index (χ2v) is 10.8. The topological polar surface area (TPSA) is 23.8 Å². The first kappa shape index (κ1) is 25.8. The van der Waals surface area contributed by atoms with Gasteiger partial charge in [0.05, 0.1) is 6.07 Å². The molecule has 0 atom stereocenters. The smallest absolute Gasteiger partial charge is 0.0912 e. The third-order valence-corrected chi connectivity index (χ3v) is 8.51. The van der Waals surface area contributed by atoms with Crippen LogP contribution in [0.25, 0.3) is 0 Å². The average molecular weight is 446 g/mol. The van der Waals surface area contributed by atoms with Crippen molar-refractivity contribution >= 4 is 0 Å². The largest absolute Gasteiger partial charge is 0.193 e.